The summed E-state index contributed by atoms with van der Waals surface area (Å²) in [6.45, 7) is 6.64. The van der Waals surface area contributed by atoms with Gasteiger partial charge in [0.05, 0.1) is 0 Å². The Labute approximate surface area is 90.2 Å². The summed E-state index contributed by atoms with van der Waals surface area (Å²) in [6, 6.07) is 5.99. The zero-order valence-electron chi connectivity index (χ0n) is 9.46. The number of nitrogens with two attached hydrogens (primary N) is 1. The fourth-order valence-electron chi connectivity index (χ4n) is 1.26. The Morgan fingerprint density at radius 1 is 1.27 bits per heavy atom. The number of hydrogen-bond donors (Lipinski definition) is 1. The third-order valence-electron chi connectivity index (χ3n) is 2.27. The van der Waals surface area contributed by atoms with Gasteiger partial charge < -0.3 is 10.5 Å². The molecule has 0 spiro atoms. The van der Waals surface area contributed by atoms with Crippen molar-refractivity contribution in [3.8, 4) is 5.75 Å². The number of halogens is 1. The Hall–Kier alpha value is -1.09. The normalized spacial score (nSPS) is 13.7. The smallest absolute Gasteiger partial charge is 0.123 e. The van der Waals surface area contributed by atoms with Gasteiger partial charge in [-0.25, -0.2) is 4.39 Å². The van der Waals surface area contributed by atoms with E-state index in [9.17, 15) is 4.39 Å². The summed E-state index contributed by atoms with van der Waals surface area (Å²) >= 11 is 0. The fourth-order valence-corrected chi connectivity index (χ4v) is 1.26. The molecule has 0 heterocycles. The summed E-state index contributed by atoms with van der Waals surface area (Å²) in [5, 5.41) is 0. The maximum Gasteiger partial charge on any atom is 0.123 e. The van der Waals surface area contributed by atoms with Crippen LogP contribution in [0.2, 0.25) is 0 Å². The van der Waals surface area contributed by atoms with Crippen molar-refractivity contribution in [3.05, 3.63) is 30.1 Å². The van der Waals surface area contributed by atoms with Crippen LogP contribution < -0.4 is 10.5 Å². The first-order valence-corrected chi connectivity index (χ1v) is 5.06. The van der Waals surface area contributed by atoms with E-state index in [1.54, 1.807) is 12.1 Å². The molecule has 0 aliphatic carbocycles. The van der Waals surface area contributed by atoms with Crippen molar-refractivity contribution in [1.82, 2.24) is 0 Å². The topological polar surface area (TPSA) is 35.2 Å². The second-order valence-corrected chi connectivity index (χ2v) is 4.66. The molecular formula is C12H18FNO. The van der Waals surface area contributed by atoms with E-state index in [0.717, 1.165) is 0 Å². The van der Waals surface area contributed by atoms with Gasteiger partial charge in [0, 0.05) is 12.0 Å². The van der Waals surface area contributed by atoms with Crippen molar-refractivity contribution >= 4 is 0 Å². The predicted octanol–water partition coefficient (Wildman–Crippen LogP) is 2.58. The summed E-state index contributed by atoms with van der Waals surface area (Å²) in [6.07, 6.45) is -0.0667. The molecule has 1 aromatic carbocycles. The second kappa shape index (κ2) is 4.62. The van der Waals surface area contributed by atoms with E-state index in [1.807, 2.05) is 0 Å². The number of rotatable bonds is 3. The van der Waals surface area contributed by atoms with Crippen LogP contribution in [0, 0.1) is 11.2 Å². The van der Waals surface area contributed by atoms with Crippen molar-refractivity contribution in [3.63, 3.8) is 0 Å². The maximum atomic E-state index is 12.7. The lowest BCUT2D eigenvalue weighted by Crippen LogP contribution is -2.38. The molecule has 0 bridgehead atoms. The quantitative estimate of drug-likeness (QED) is 0.834. The highest BCUT2D eigenvalue weighted by atomic mass is 19.1. The van der Waals surface area contributed by atoms with Crippen LogP contribution in [0.25, 0.3) is 0 Å². The van der Waals surface area contributed by atoms with Crippen LogP contribution in [-0.2, 0) is 0 Å². The van der Waals surface area contributed by atoms with Gasteiger partial charge >= 0.3 is 0 Å². The van der Waals surface area contributed by atoms with Crippen molar-refractivity contribution in [1.29, 1.82) is 0 Å². The molecule has 0 unspecified atom stereocenters. The third kappa shape index (κ3) is 3.51. The summed E-state index contributed by atoms with van der Waals surface area (Å²) in [5.41, 5.74) is 5.61. The molecule has 3 heteroatoms. The summed E-state index contributed by atoms with van der Waals surface area (Å²) in [5.74, 6) is 0.393. The van der Waals surface area contributed by atoms with Gasteiger partial charge in [0.1, 0.15) is 17.7 Å². The fraction of sp³-hybridized carbons (Fsp3) is 0.500. The molecule has 0 saturated heterocycles. The lowest BCUT2D eigenvalue weighted by Gasteiger charge is -2.30. The van der Waals surface area contributed by atoms with Crippen LogP contribution >= 0.6 is 0 Å². The van der Waals surface area contributed by atoms with Crippen LogP contribution in [-0.4, -0.2) is 12.6 Å². The van der Waals surface area contributed by atoms with Gasteiger partial charge in [0.2, 0.25) is 0 Å². The molecule has 0 amide bonds. The highest BCUT2D eigenvalue weighted by molar-refractivity contribution is 5.22. The Bertz CT molecular complexity index is 302. The molecule has 0 saturated carbocycles. The summed E-state index contributed by atoms with van der Waals surface area (Å²) in [4.78, 5) is 0. The first kappa shape index (κ1) is 12.0. The van der Waals surface area contributed by atoms with Crippen molar-refractivity contribution in [2.24, 2.45) is 11.1 Å². The molecule has 15 heavy (non-hydrogen) atoms. The first-order chi connectivity index (χ1) is 6.93. The second-order valence-electron chi connectivity index (χ2n) is 4.66. The van der Waals surface area contributed by atoms with E-state index in [4.69, 9.17) is 10.5 Å². The van der Waals surface area contributed by atoms with E-state index in [0.29, 0.717) is 12.3 Å². The van der Waals surface area contributed by atoms with E-state index >= 15 is 0 Å². The zero-order chi connectivity index (χ0) is 11.5. The van der Waals surface area contributed by atoms with E-state index in [1.165, 1.54) is 12.1 Å². The van der Waals surface area contributed by atoms with Gasteiger partial charge in [-0.05, 0) is 24.3 Å². The minimum absolute atomic E-state index is 0.0247. The lowest BCUT2D eigenvalue weighted by atomic mass is 9.89. The molecule has 0 aliphatic heterocycles. The van der Waals surface area contributed by atoms with Crippen LogP contribution in [0.1, 0.15) is 20.8 Å². The third-order valence-corrected chi connectivity index (χ3v) is 2.27. The number of ether oxygens (including phenoxy) is 1. The zero-order valence-corrected chi connectivity index (χ0v) is 9.46. The Morgan fingerprint density at radius 3 is 2.20 bits per heavy atom. The Kier molecular flexibility index (Phi) is 3.69. The standard InChI is InChI=1S/C12H18FNO/c1-12(2,3)11(8-14)15-10-6-4-9(13)5-7-10/h4-7,11H,8,14H2,1-3H3/t11-/m0/s1. The summed E-state index contributed by atoms with van der Waals surface area (Å²) < 4.78 is 18.4. The van der Waals surface area contributed by atoms with Crippen LogP contribution in [0.3, 0.4) is 0 Å². The SMILES string of the molecule is CC(C)(C)[C@H](CN)Oc1ccc(F)cc1. The van der Waals surface area contributed by atoms with E-state index in [2.05, 4.69) is 20.8 Å². The van der Waals surface area contributed by atoms with Gasteiger partial charge in [-0.15, -0.1) is 0 Å². The minimum Gasteiger partial charge on any atom is -0.489 e. The van der Waals surface area contributed by atoms with Crippen molar-refractivity contribution in [2.75, 3.05) is 6.54 Å². The van der Waals surface area contributed by atoms with Gasteiger partial charge in [0.25, 0.3) is 0 Å². The van der Waals surface area contributed by atoms with Crippen LogP contribution in [0.4, 0.5) is 4.39 Å². The number of hydrogen-bond acceptors (Lipinski definition) is 2. The van der Waals surface area contributed by atoms with Gasteiger partial charge in [-0.3, -0.25) is 0 Å². The monoisotopic (exact) mass is 211 g/mol. The molecule has 2 nitrogen and oxygen atoms in total. The van der Waals surface area contributed by atoms with E-state index < -0.39 is 0 Å². The average Bonchev–Trinajstić information content (AvgIpc) is 2.15. The molecule has 0 fully saturated rings. The molecule has 0 radical (unpaired) electrons. The molecule has 1 aromatic rings. The van der Waals surface area contributed by atoms with Crippen molar-refractivity contribution < 1.29 is 9.13 Å². The molecular weight excluding hydrogens is 193 g/mol. The highest BCUT2D eigenvalue weighted by Gasteiger charge is 2.24. The van der Waals surface area contributed by atoms with Gasteiger partial charge in [-0.1, -0.05) is 20.8 Å². The highest BCUT2D eigenvalue weighted by Crippen LogP contribution is 2.24. The Balaban J connectivity index is 2.71. The average molecular weight is 211 g/mol. The molecule has 0 aliphatic rings. The lowest BCUT2D eigenvalue weighted by molar-refractivity contribution is 0.0941. The predicted molar refractivity (Wildman–Crippen MR) is 59.3 cm³/mol. The molecule has 1 atom stereocenters. The molecule has 0 aromatic heterocycles. The Morgan fingerprint density at radius 2 is 1.80 bits per heavy atom. The minimum atomic E-state index is -0.262. The summed E-state index contributed by atoms with van der Waals surface area (Å²) in [7, 11) is 0. The van der Waals surface area contributed by atoms with Crippen molar-refractivity contribution in [2.45, 2.75) is 26.9 Å². The van der Waals surface area contributed by atoms with Gasteiger partial charge in [0.15, 0.2) is 0 Å². The van der Waals surface area contributed by atoms with Crippen LogP contribution in [0.5, 0.6) is 5.75 Å². The maximum absolute atomic E-state index is 12.7. The molecule has 1 rings (SSSR count). The molecule has 2 N–H and O–H groups in total. The van der Waals surface area contributed by atoms with Crippen LogP contribution in [0.15, 0.2) is 24.3 Å². The van der Waals surface area contributed by atoms with E-state index in [-0.39, 0.29) is 17.3 Å². The molecule has 84 valence electrons. The van der Waals surface area contributed by atoms with Gasteiger partial charge in [-0.2, -0.15) is 0 Å². The largest absolute Gasteiger partial charge is 0.489 e. The number of benzene rings is 1. The first-order valence-electron chi connectivity index (χ1n) is 5.06.